The van der Waals surface area contributed by atoms with Crippen molar-refractivity contribution in [1.29, 1.82) is 0 Å². The zero-order chi connectivity index (χ0) is 63.5. The zero-order valence-corrected chi connectivity index (χ0v) is 57.2. The van der Waals surface area contributed by atoms with Gasteiger partial charge in [-0.15, -0.1) is 0 Å². The van der Waals surface area contributed by atoms with Crippen LogP contribution in [0.15, 0.2) is 0 Å². The summed E-state index contributed by atoms with van der Waals surface area (Å²) in [6, 6.07) is 0. The van der Waals surface area contributed by atoms with Crippen LogP contribution in [-0.2, 0) is 65.4 Å². The first kappa shape index (κ1) is 84.1. The van der Waals surface area contributed by atoms with E-state index in [4.69, 9.17) is 37.0 Å². The summed E-state index contributed by atoms with van der Waals surface area (Å²) in [5.41, 5.74) is 0. The van der Waals surface area contributed by atoms with Gasteiger partial charge in [-0.05, 0) is 31.6 Å². The second-order valence-corrected chi connectivity index (χ2v) is 27.6. The van der Waals surface area contributed by atoms with Crippen molar-refractivity contribution in [2.45, 2.75) is 361 Å². The predicted octanol–water partition coefficient (Wildman–Crippen LogP) is 19.0. The van der Waals surface area contributed by atoms with Gasteiger partial charge in [0.2, 0.25) is 0 Å². The van der Waals surface area contributed by atoms with Crippen molar-refractivity contribution in [3.8, 4) is 0 Å². The summed E-state index contributed by atoms with van der Waals surface area (Å²) < 4.78 is 67.9. The summed E-state index contributed by atoms with van der Waals surface area (Å²) in [5.74, 6) is -1.43. The lowest BCUT2D eigenvalue weighted by Crippen LogP contribution is -2.30. The van der Waals surface area contributed by atoms with Gasteiger partial charge < -0.3 is 33.8 Å². The van der Waals surface area contributed by atoms with Crippen molar-refractivity contribution in [3.05, 3.63) is 0 Å². The Morgan fingerprint density at radius 1 is 0.314 bits per heavy atom. The van der Waals surface area contributed by atoms with Crippen LogP contribution < -0.4 is 0 Å². The van der Waals surface area contributed by atoms with Crippen LogP contribution in [-0.4, -0.2) is 96.7 Å². The van der Waals surface area contributed by atoms with Gasteiger partial charge in [-0.2, -0.15) is 0 Å². The molecule has 0 aliphatic carbocycles. The summed E-state index contributed by atoms with van der Waals surface area (Å²) in [5, 5.41) is 10.5. The van der Waals surface area contributed by atoms with Crippen molar-refractivity contribution < 1.29 is 80.2 Å². The van der Waals surface area contributed by atoms with Crippen LogP contribution in [0, 0.1) is 5.92 Å². The van der Waals surface area contributed by atoms with E-state index in [1.165, 1.54) is 141 Å². The Morgan fingerprint density at radius 3 is 0.791 bits per heavy atom. The minimum absolute atomic E-state index is 0.105. The Bertz CT molecular complexity index is 1670. The number of rotatable bonds is 67. The van der Waals surface area contributed by atoms with Crippen molar-refractivity contribution in [2.75, 3.05) is 39.6 Å². The summed E-state index contributed by atoms with van der Waals surface area (Å²) in [6.45, 7) is 7.09. The number of phosphoric ester groups is 2. The average Bonchev–Trinajstić information content (AvgIpc) is 3.53. The summed E-state index contributed by atoms with van der Waals surface area (Å²) >= 11 is 0. The standard InChI is InChI=1S/C67H130O17P2/c1-6-9-12-15-18-20-21-22-23-24-25-26-27-28-29-30-31-32-37-43-48-53-67(72)84-63(57-78-65(70)51-46-41-38-33-35-39-44-49-60(4)5)59-82-86(75,76)80-55-61(68)54-79-85(73,74)81-58-62(56-77-64(69)50-45-40-34-17-14-11-8-3)83-66(71)52-47-42-36-19-16-13-10-7-2/h60-63,68H,6-59H2,1-5H3,(H,73,74)(H,75,76)/t61-,62+,63+/m0/s1. The van der Waals surface area contributed by atoms with Crippen LogP contribution in [0.3, 0.4) is 0 Å². The summed E-state index contributed by atoms with van der Waals surface area (Å²) in [7, 11) is -9.88. The number of ether oxygens (including phenoxy) is 4. The Balaban J connectivity index is 5.09. The lowest BCUT2D eigenvalue weighted by molar-refractivity contribution is -0.161. The molecule has 0 amide bonds. The van der Waals surface area contributed by atoms with E-state index in [2.05, 4.69) is 34.6 Å². The summed E-state index contributed by atoms with van der Waals surface area (Å²) in [6.07, 6.45) is 46.3. The number of hydrogen-bond acceptors (Lipinski definition) is 15. The molecule has 0 bridgehead atoms. The third-order valence-electron chi connectivity index (χ3n) is 15.5. The first-order valence-electron chi connectivity index (χ1n) is 35.1. The lowest BCUT2D eigenvalue weighted by Gasteiger charge is -2.21. The van der Waals surface area contributed by atoms with E-state index in [1.807, 2.05) is 0 Å². The normalized spacial score (nSPS) is 14.2. The number of aliphatic hydroxyl groups excluding tert-OH is 1. The fourth-order valence-corrected chi connectivity index (χ4v) is 11.7. The molecule has 2 unspecified atom stereocenters. The predicted molar refractivity (Wildman–Crippen MR) is 345 cm³/mol. The zero-order valence-electron chi connectivity index (χ0n) is 55.4. The number of phosphoric acid groups is 2. The molecular weight excluding hydrogens is 1140 g/mol. The number of carbonyl (C=O) groups excluding carboxylic acids is 4. The topological polar surface area (TPSA) is 237 Å². The third kappa shape index (κ3) is 60.9. The van der Waals surface area contributed by atoms with Gasteiger partial charge in [0.25, 0.3) is 0 Å². The van der Waals surface area contributed by atoms with E-state index in [1.54, 1.807) is 0 Å². The Hall–Kier alpha value is -1.94. The average molecular weight is 1270 g/mol. The van der Waals surface area contributed by atoms with Crippen molar-refractivity contribution in [3.63, 3.8) is 0 Å². The van der Waals surface area contributed by atoms with E-state index in [0.717, 1.165) is 116 Å². The maximum atomic E-state index is 13.0. The maximum Gasteiger partial charge on any atom is 0.472 e. The number of carbonyl (C=O) groups is 4. The van der Waals surface area contributed by atoms with Gasteiger partial charge in [0.1, 0.15) is 19.3 Å². The number of unbranched alkanes of at least 4 members (excludes halogenated alkanes) is 39. The fourth-order valence-electron chi connectivity index (χ4n) is 10.1. The molecule has 0 aromatic rings. The molecule has 5 atom stereocenters. The summed E-state index contributed by atoms with van der Waals surface area (Å²) in [4.78, 5) is 72.1. The third-order valence-corrected chi connectivity index (χ3v) is 17.4. The highest BCUT2D eigenvalue weighted by Crippen LogP contribution is 2.45. The first-order valence-corrected chi connectivity index (χ1v) is 38.1. The molecule has 86 heavy (non-hydrogen) atoms. The van der Waals surface area contributed by atoms with Gasteiger partial charge in [-0.3, -0.25) is 37.3 Å². The van der Waals surface area contributed by atoms with Crippen molar-refractivity contribution in [2.24, 2.45) is 5.92 Å². The second-order valence-electron chi connectivity index (χ2n) is 24.7. The van der Waals surface area contributed by atoms with Crippen molar-refractivity contribution in [1.82, 2.24) is 0 Å². The van der Waals surface area contributed by atoms with E-state index in [0.29, 0.717) is 31.6 Å². The molecule has 0 aliphatic rings. The SMILES string of the molecule is CCCCCCCCCCCCCCCCCCCCCCCC(=O)O[C@H](COC(=O)CCCCCCCCCC(C)C)COP(=O)(O)OC[C@@H](O)COP(=O)(O)OC[C@@H](COC(=O)CCCCCCCCC)OC(=O)CCCCCCCCCC. The number of esters is 4. The smallest absolute Gasteiger partial charge is 0.462 e. The lowest BCUT2D eigenvalue weighted by atomic mass is 10.0. The van der Waals surface area contributed by atoms with Gasteiger partial charge in [-0.1, -0.05) is 291 Å². The van der Waals surface area contributed by atoms with E-state index in [9.17, 15) is 43.2 Å². The maximum absolute atomic E-state index is 13.0. The fraction of sp³-hybridized carbons (Fsp3) is 0.940. The van der Waals surface area contributed by atoms with E-state index in [-0.39, 0.29) is 25.7 Å². The molecule has 17 nitrogen and oxygen atoms in total. The Morgan fingerprint density at radius 2 is 0.535 bits per heavy atom. The van der Waals surface area contributed by atoms with Crippen LogP contribution in [0.4, 0.5) is 0 Å². The van der Waals surface area contributed by atoms with Gasteiger partial charge in [0.15, 0.2) is 12.2 Å². The highest BCUT2D eigenvalue weighted by atomic mass is 31.2. The number of aliphatic hydroxyl groups is 1. The monoisotopic (exact) mass is 1270 g/mol. The minimum Gasteiger partial charge on any atom is -0.462 e. The minimum atomic E-state index is -4.95. The first-order chi connectivity index (χ1) is 41.5. The molecule has 0 saturated carbocycles. The Kier molecular flexibility index (Phi) is 59.2. The van der Waals surface area contributed by atoms with Gasteiger partial charge in [0, 0.05) is 25.7 Å². The van der Waals surface area contributed by atoms with Crippen molar-refractivity contribution >= 4 is 39.5 Å². The molecule has 3 N–H and O–H groups in total. The van der Waals surface area contributed by atoms with Crippen LogP contribution >= 0.6 is 15.6 Å². The highest BCUT2D eigenvalue weighted by molar-refractivity contribution is 7.47. The second kappa shape index (κ2) is 60.6. The van der Waals surface area contributed by atoms with Crippen LogP contribution in [0.5, 0.6) is 0 Å². The van der Waals surface area contributed by atoms with Gasteiger partial charge >= 0.3 is 39.5 Å². The molecule has 0 saturated heterocycles. The molecule has 510 valence electrons. The molecular formula is C67H130O17P2. The highest BCUT2D eigenvalue weighted by Gasteiger charge is 2.30. The molecule has 0 spiro atoms. The molecule has 0 rings (SSSR count). The van der Waals surface area contributed by atoms with Crippen LogP contribution in [0.1, 0.15) is 343 Å². The van der Waals surface area contributed by atoms with Crippen LogP contribution in [0.25, 0.3) is 0 Å². The number of hydrogen-bond donors (Lipinski definition) is 3. The molecule has 0 radical (unpaired) electrons. The van der Waals surface area contributed by atoms with E-state index < -0.39 is 97.5 Å². The van der Waals surface area contributed by atoms with Gasteiger partial charge in [0.05, 0.1) is 26.4 Å². The van der Waals surface area contributed by atoms with Crippen LogP contribution in [0.2, 0.25) is 0 Å². The molecule has 0 aliphatic heterocycles. The van der Waals surface area contributed by atoms with E-state index >= 15 is 0 Å². The molecule has 0 fully saturated rings. The largest absolute Gasteiger partial charge is 0.472 e. The molecule has 19 heteroatoms. The molecule has 0 aromatic heterocycles. The molecule has 0 heterocycles. The van der Waals surface area contributed by atoms with Gasteiger partial charge in [-0.25, -0.2) is 9.13 Å². The Labute approximate surface area is 524 Å². The molecule has 0 aromatic carbocycles. The quantitative estimate of drug-likeness (QED) is 0.0222.